The third-order valence-electron chi connectivity index (χ3n) is 4.69. The zero-order valence-electron chi connectivity index (χ0n) is 14.1. The number of hydrogen-bond donors (Lipinski definition) is 1. The molecule has 5 nitrogen and oxygen atoms in total. The van der Waals surface area contributed by atoms with Crippen molar-refractivity contribution in [3.05, 3.63) is 62.0 Å². The lowest BCUT2D eigenvalue weighted by Gasteiger charge is -2.11. The van der Waals surface area contributed by atoms with Gasteiger partial charge in [0.15, 0.2) is 0 Å². The third-order valence-corrected chi connectivity index (χ3v) is 6.26. The number of halogens is 1. The molecule has 2 aromatic heterocycles. The van der Waals surface area contributed by atoms with Gasteiger partial charge < -0.3 is 5.32 Å². The Balaban J connectivity index is 1.53. The van der Waals surface area contributed by atoms with E-state index in [0.717, 1.165) is 35.2 Å². The summed E-state index contributed by atoms with van der Waals surface area (Å²) in [6.45, 7) is 0.285. The molecule has 1 aliphatic rings. The Morgan fingerprint density at radius 1 is 1.27 bits per heavy atom. The third kappa shape index (κ3) is 3.27. The van der Waals surface area contributed by atoms with Crippen LogP contribution in [0.4, 0.5) is 0 Å². The molecular weight excluding hydrogens is 370 g/mol. The van der Waals surface area contributed by atoms with Crippen LogP contribution in [0, 0.1) is 0 Å². The van der Waals surface area contributed by atoms with E-state index >= 15 is 0 Å². The van der Waals surface area contributed by atoms with Crippen LogP contribution in [-0.4, -0.2) is 15.5 Å². The van der Waals surface area contributed by atoms with E-state index < -0.39 is 0 Å². The Bertz CT molecular complexity index is 1040. The summed E-state index contributed by atoms with van der Waals surface area (Å²) >= 11 is 7.71. The Morgan fingerprint density at radius 2 is 2.08 bits per heavy atom. The van der Waals surface area contributed by atoms with E-state index in [4.69, 9.17) is 11.6 Å². The lowest BCUT2D eigenvalue weighted by atomic mass is 9.97. The molecule has 1 aromatic carbocycles. The molecule has 0 unspecified atom stereocenters. The predicted molar refractivity (Wildman–Crippen MR) is 104 cm³/mol. The zero-order valence-corrected chi connectivity index (χ0v) is 15.7. The average Bonchev–Trinajstić information content (AvgIpc) is 3.03. The van der Waals surface area contributed by atoms with Gasteiger partial charge in [0.25, 0.3) is 5.56 Å². The molecule has 26 heavy (non-hydrogen) atoms. The molecule has 0 atom stereocenters. The molecule has 3 aromatic rings. The van der Waals surface area contributed by atoms with Crippen molar-refractivity contribution in [3.8, 4) is 0 Å². The SMILES string of the molecule is O=C(Cn1cnc2sc3c(c2c1=O)CCCC3)NCc1ccccc1Cl. The average molecular weight is 388 g/mol. The monoisotopic (exact) mass is 387 g/mol. The molecule has 0 saturated heterocycles. The molecule has 7 heteroatoms. The highest BCUT2D eigenvalue weighted by Crippen LogP contribution is 2.33. The molecule has 0 saturated carbocycles. The van der Waals surface area contributed by atoms with Crippen molar-refractivity contribution >= 4 is 39.1 Å². The summed E-state index contributed by atoms with van der Waals surface area (Å²) in [5.41, 5.74) is 1.86. The van der Waals surface area contributed by atoms with E-state index in [2.05, 4.69) is 10.3 Å². The molecule has 0 fully saturated rings. The highest BCUT2D eigenvalue weighted by atomic mass is 35.5. The highest BCUT2D eigenvalue weighted by molar-refractivity contribution is 7.18. The molecule has 0 bridgehead atoms. The van der Waals surface area contributed by atoms with Gasteiger partial charge in [0.2, 0.25) is 5.91 Å². The van der Waals surface area contributed by atoms with Crippen LogP contribution >= 0.6 is 22.9 Å². The van der Waals surface area contributed by atoms with E-state index in [1.54, 1.807) is 17.4 Å². The van der Waals surface area contributed by atoms with Gasteiger partial charge in [0, 0.05) is 16.4 Å². The fourth-order valence-electron chi connectivity index (χ4n) is 3.34. The van der Waals surface area contributed by atoms with Crippen LogP contribution in [0.3, 0.4) is 0 Å². The van der Waals surface area contributed by atoms with E-state index in [9.17, 15) is 9.59 Å². The lowest BCUT2D eigenvalue weighted by Crippen LogP contribution is -2.32. The predicted octanol–water partition coefficient (Wildman–Crippen LogP) is 3.31. The summed E-state index contributed by atoms with van der Waals surface area (Å²) in [7, 11) is 0. The number of benzene rings is 1. The van der Waals surface area contributed by atoms with Gasteiger partial charge in [-0.25, -0.2) is 4.98 Å². The second-order valence-electron chi connectivity index (χ2n) is 6.44. The minimum absolute atomic E-state index is 0.0448. The number of hydrogen-bond acceptors (Lipinski definition) is 4. The summed E-state index contributed by atoms with van der Waals surface area (Å²) in [6, 6.07) is 7.36. The summed E-state index contributed by atoms with van der Waals surface area (Å²) in [5, 5.41) is 4.12. The Hall–Kier alpha value is -2.18. The van der Waals surface area contributed by atoms with Crippen molar-refractivity contribution < 1.29 is 4.79 Å². The Morgan fingerprint density at radius 3 is 2.92 bits per heavy atom. The van der Waals surface area contributed by atoms with Crippen molar-refractivity contribution in [1.29, 1.82) is 0 Å². The number of carbonyl (C=O) groups is 1. The minimum atomic E-state index is -0.239. The number of fused-ring (bicyclic) bond motifs is 3. The van der Waals surface area contributed by atoms with Crippen LogP contribution in [0.2, 0.25) is 5.02 Å². The van der Waals surface area contributed by atoms with Gasteiger partial charge in [-0.1, -0.05) is 29.8 Å². The largest absolute Gasteiger partial charge is 0.350 e. The second-order valence-corrected chi connectivity index (χ2v) is 7.93. The first-order valence-electron chi connectivity index (χ1n) is 8.63. The Labute approximate surface area is 159 Å². The number of amides is 1. The van der Waals surface area contributed by atoms with Crippen LogP contribution in [0.25, 0.3) is 10.2 Å². The van der Waals surface area contributed by atoms with Gasteiger partial charge in [-0.2, -0.15) is 0 Å². The highest BCUT2D eigenvalue weighted by Gasteiger charge is 2.20. The maximum absolute atomic E-state index is 12.9. The topological polar surface area (TPSA) is 64.0 Å². The molecule has 0 radical (unpaired) electrons. The fraction of sp³-hybridized carbons (Fsp3) is 0.316. The minimum Gasteiger partial charge on any atom is -0.350 e. The van der Waals surface area contributed by atoms with Crippen LogP contribution in [0.1, 0.15) is 28.8 Å². The summed E-state index contributed by atoms with van der Waals surface area (Å²) in [5.74, 6) is -0.239. The van der Waals surface area contributed by atoms with Crippen molar-refractivity contribution in [1.82, 2.24) is 14.9 Å². The molecule has 0 spiro atoms. The van der Waals surface area contributed by atoms with Crippen molar-refractivity contribution in [3.63, 3.8) is 0 Å². The maximum atomic E-state index is 12.9. The van der Waals surface area contributed by atoms with E-state index in [1.807, 2.05) is 18.2 Å². The van der Waals surface area contributed by atoms with Gasteiger partial charge in [0.1, 0.15) is 11.4 Å². The number of carbonyl (C=O) groups excluding carboxylic acids is 1. The van der Waals surface area contributed by atoms with E-state index in [1.165, 1.54) is 22.2 Å². The van der Waals surface area contributed by atoms with Crippen LogP contribution in [0.5, 0.6) is 0 Å². The number of rotatable bonds is 4. The summed E-state index contributed by atoms with van der Waals surface area (Å²) in [4.78, 5) is 31.6. The quantitative estimate of drug-likeness (QED) is 0.747. The second kappa shape index (κ2) is 7.21. The maximum Gasteiger partial charge on any atom is 0.262 e. The zero-order chi connectivity index (χ0) is 18.1. The molecule has 1 amide bonds. The van der Waals surface area contributed by atoms with Gasteiger partial charge in [-0.15, -0.1) is 11.3 Å². The lowest BCUT2D eigenvalue weighted by molar-refractivity contribution is -0.121. The first kappa shape index (κ1) is 17.2. The van der Waals surface area contributed by atoms with Gasteiger partial charge >= 0.3 is 0 Å². The van der Waals surface area contributed by atoms with Crippen LogP contribution in [0.15, 0.2) is 35.4 Å². The smallest absolute Gasteiger partial charge is 0.262 e. The fourth-order valence-corrected chi connectivity index (χ4v) is 4.76. The van der Waals surface area contributed by atoms with Gasteiger partial charge in [0.05, 0.1) is 11.7 Å². The van der Waals surface area contributed by atoms with Crippen molar-refractivity contribution in [2.24, 2.45) is 0 Å². The van der Waals surface area contributed by atoms with Crippen LogP contribution < -0.4 is 10.9 Å². The Kier molecular flexibility index (Phi) is 4.78. The van der Waals surface area contributed by atoms with Crippen molar-refractivity contribution in [2.75, 3.05) is 0 Å². The first-order chi connectivity index (χ1) is 12.6. The molecule has 134 valence electrons. The molecule has 2 heterocycles. The standard InChI is InChI=1S/C19H18ClN3O2S/c20-14-7-3-1-5-12(14)9-21-16(24)10-23-11-22-18-17(19(23)25)13-6-2-4-8-15(13)26-18/h1,3,5,7,11H,2,4,6,8-10H2,(H,21,24). The molecular formula is C19H18ClN3O2S. The number of nitrogens with one attached hydrogen (secondary N) is 1. The van der Waals surface area contributed by atoms with Gasteiger partial charge in [-0.05, 0) is 42.9 Å². The van der Waals surface area contributed by atoms with Crippen LogP contribution in [-0.2, 0) is 30.7 Å². The summed E-state index contributed by atoms with van der Waals surface area (Å²) in [6.07, 6.45) is 5.69. The number of nitrogens with zero attached hydrogens (tertiary/aromatic N) is 2. The molecule has 4 rings (SSSR count). The first-order valence-corrected chi connectivity index (χ1v) is 9.82. The molecule has 1 aliphatic carbocycles. The molecule has 0 aliphatic heterocycles. The number of thiophene rings is 1. The summed E-state index contributed by atoms with van der Waals surface area (Å²) < 4.78 is 1.39. The number of aryl methyl sites for hydroxylation is 2. The normalized spacial score (nSPS) is 13.6. The van der Waals surface area contributed by atoms with Gasteiger partial charge in [-0.3, -0.25) is 14.2 Å². The van der Waals surface area contributed by atoms with E-state index in [0.29, 0.717) is 17.0 Å². The molecule has 1 N–H and O–H groups in total. The van der Waals surface area contributed by atoms with E-state index in [-0.39, 0.29) is 18.0 Å². The van der Waals surface area contributed by atoms with Crippen molar-refractivity contribution in [2.45, 2.75) is 38.8 Å². The number of aromatic nitrogens is 2.